The smallest absolute Gasteiger partial charge is 0.293 e. The zero-order chi connectivity index (χ0) is 21.5. The van der Waals surface area contributed by atoms with Crippen molar-refractivity contribution in [3.05, 3.63) is 82.4 Å². The number of nitrogens with one attached hydrogen (secondary N) is 1. The Morgan fingerprint density at radius 1 is 1.13 bits per heavy atom. The number of nitrogens with zero attached hydrogens (tertiary/aromatic N) is 4. The summed E-state index contributed by atoms with van der Waals surface area (Å²) >= 11 is 0. The number of para-hydroxylation sites is 1. The quantitative estimate of drug-likeness (QED) is 0.536. The van der Waals surface area contributed by atoms with Crippen molar-refractivity contribution in [1.29, 1.82) is 0 Å². The lowest BCUT2D eigenvalue weighted by atomic mass is 10.2. The lowest BCUT2D eigenvalue weighted by Crippen LogP contribution is -2.31. The van der Waals surface area contributed by atoms with Crippen molar-refractivity contribution >= 4 is 22.5 Å². The molecule has 2 aromatic carbocycles. The van der Waals surface area contributed by atoms with Crippen LogP contribution in [0.5, 0.6) is 0 Å². The summed E-state index contributed by atoms with van der Waals surface area (Å²) in [5.74, 6) is -2.08. The van der Waals surface area contributed by atoms with Crippen LogP contribution in [0.1, 0.15) is 24.5 Å². The van der Waals surface area contributed by atoms with Crippen LogP contribution in [0, 0.1) is 11.6 Å². The first-order valence-electron chi connectivity index (χ1n) is 9.80. The summed E-state index contributed by atoms with van der Waals surface area (Å²) in [5.41, 5.74) is 1.13. The molecule has 2 heterocycles. The van der Waals surface area contributed by atoms with Gasteiger partial charge in [-0.05, 0) is 37.1 Å². The van der Waals surface area contributed by atoms with E-state index in [1.54, 1.807) is 10.9 Å². The van der Waals surface area contributed by atoms with Gasteiger partial charge in [0.1, 0.15) is 23.7 Å². The fourth-order valence-electron chi connectivity index (χ4n) is 3.54. The van der Waals surface area contributed by atoms with Crippen LogP contribution in [0.15, 0.2) is 59.5 Å². The standard InChI is InChI=1S/C22H17F2N5O2/c23-14-8-9-18(17(24)10-14)26-19(30)12-28-22(31)21-16(20(27-28)13-6-7-13)11-25-29(21)15-4-2-1-3-5-15/h1-5,8-11,13H,6-7,12H2,(H,26,30). The van der Waals surface area contributed by atoms with Gasteiger partial charge >= 0.3 is 0 Å². The zero-order valence-corrected chi connectivity index (χ0v) is 16.3. The van der Waals surface area contributed by atoms with Crippen LogP contribution in [0.2, 0.25) is 0 Å². The van der Waals surface area contributed by atoms with Crippen LogP contribution in [-0.4, -0.2) is 25.5 Å². The maximum atomic E-state index is 13.9. The molecule has 2 aromatic heterocycles. The third-order valence-electron chi connectivity index (χ3n) is 5.17. The van der Waals surface area contributed by atoms with Crippen LogP contribution in [0.3, 0.4) is 0 Å². The zero-order valence-electron chi connectivity index (χ0n) is 16.3. The monoisotopic (exact) mass is 421 g/mol. The van der Waals surface area contributed by atoms with Gasteiger partial charge in [-0.3, -0.25) is 9.59 Å². The molecule has 1 fully saturated rings. The molecule has 0 bridgehead atoms. The maximum Gasteiger partial charge on any atom is 0.293 e. The molecule has 9 heteroatoms. The van der Waals surface area contributed by atoms with Crippen molar-refractivity contribution in [2.45, 2.75) is 25.3 Å². The van der Waals surface area contributed by atoms with E-state index < -0.39 is 29.6 Å². The Morgan fingerprint density at radius 2 is 1.90 bits per heavy atom. The number of carbonyl (C=O) groups excluding carboxylic acids is 1. The van der Waals surface area contributed by atoms with Crippen LogP contribution in [0.4, 0.5) is 14.5 Å². The molecule has 1 N–H and O–H groups in total. The highest BCUT2D eigenvalue weighted by Gasteiger charge is 2.30. The van der Waals surface area contributed by atoms with Crippen molar-refractivity contribution in [1.82, 2.24) is 19.6 Å². The van der Waals surface area contributed by atoms with Gasteiger partial charge in [0.15, 0.2) is 0 Å². The highest BCUT2D eigenvalue weighted by Crippen LogP contribution is 2.41. The molecule has 1 aliphatic rings. The Balaban J connectivity index is 1.55. The third kappa shape index (κ3) is 3.58. The first-order chi connectivity index (χ1) is 15.0. The number of amides is 1. The fraction of sp³-hybridized carbons (Fsp3) is 0.182. The van der Waals surface area contributed by atoms with Gasteiger partial charge in [0.25, 0.3) is 5.56 Å². The molecular formula is C22H17F2N5O2. The SMILES string of the molecule is O=C(Cn1nc(C2CC2)c2cnn(-c3ccccc3)c2c1=O)Nc1ccc(F)cc1F. The minimum atomic E-state index is -0.898. The van der Waals surface area contributed by atoms with E-state index in [4.69, 9.17) is 0 Å². The number of halogens is 2. The second kappa shape index (κ2) is 7.42. The first-order valence-corrected chi connectivity index (χ1v) is 9.80. The Morgan fingerprint density at radius 3 is 2.61 bits per heavy atom. The van der Waals surface area contributed by atoms with Crippen molar-refractivity contribution in [3.63, 3.8) is 0 Å². The van der Waals surface area contributed by atoms with Gasteiger partial charge in [0.05, 0.1) is 23.3 Å². The van der Waals surface area contributed by atoms with E-state index in [1.165, 1.54) is 0 Å². The molecular weight excluding hydrogens is 404 g/mol. The van der Waals surface area contributed by atoms with Gasteiger partial charge < -0.3 is 5.32 Å². The van der Waals surface area contributed by atoms with E-state index in [1.807, 2.05) is 30.3 Å². The van der Waals surface area contributed by atoms with Gasteiger partial charge in [-0.25, -0.2) is 18.1 Å². The van der Waals surface area contributed by atoms with Gasteiger partial charge in [0, 0.05) is 17.4 Å². The Bertz CT molecular complexity index is 1360. The average Bonchev–Trinajstić information content (AvgIpc) is 3.50. The van der Waals surface area contributed by atoms with Crippen LogP contribution in [0.25, 0.3) is 16.6 Å². The number of rotatable bonds is 5. The topological polar surface area (TPSA) is 81.8 Å². The van der Waals surface area contributed by atoms with E-state index in [0.717, 1.165) is 35.4 Å². The molecule has 31 heavy (non-hydrogen) atoms. The van der Waals surface area contributed by atoms with Crippen LogP contribution < -0.4 is 10.9 Å². The molecule has 0 atom stereocenters. The predicted molar refractivity (Wildman–Crippen MR) is 110 cm³/mol. The van der Waals surface area contributed by atoms with Gasteiger partial charge in [-0.2, -0.15) is 10.2 Å². The summed E-state index contributed by atoms with van der Waals surface area (Å²) in [5, 5.41) is 11.8. The van der Waals surface area contributed by atoms with E-state index in [9.17, 15) is 18.4 Å². The minimum absolute atomic E-state index is 0.169. The van der Waals surface area contributed by atoms with Crippen molar-refractivity contribution in [3.8, 4) is 5.69 Å². The molecule has 1 saturated carbocycles. The van der Waals surface area contributed by atoms with Crippen molar-refractivity contribution in [2.24, 2.45) is 0 Å². The fourth-order valence-corrected chi connectivity index (χ4v) is 3.54. The number of anilines is 1. The van der Waals surface area contributed by atoms with Crippen molar-refractivity contribution in [2.75, 3.05) is 5.32 Å². The normalized spacial score (nSPS) is 13.5. The van der Waals surface area contributed by atoms with Crippen molar-refractivity contribution < 1.29 is 13.6 Å². The second-order valence-corrected chi connectivity index (χ2v) is 7.45. The van der Waals surface area contributed by atoms with E-state index in [0.29, 0.717) is 22.7 Å². The van der Waals surface area contributed by atoms with Crippen LogP contribution in [-0.2, 0) is 11.3 Å². The molecule has 1 aliphatic carbocycles. The van der Waals surface area contributed by atoms with Gasteiger partial charge in [-0.1, -0.05) is 18.2 Å². The Hall–Kier alpha value is -3.88. The molecule has 7 nitrogen and oxygen atoms in total. The highest BCUT2D eigenvalue weighted by atomic mass is 19.1. The lowest BCUT2D eigenvalue weighted by molar-refractivity contribution is -0.117. The van der Waals surface area contributed by atoms with E-state index in [-0.39, 0.29) is 11.6 Å². The number of hydrogen-bond donors (Lipinski definition) is 1. The average molecular weight is 421 g/mol. The summed E-state index contributed by atoms with van der Waals surface area (Å²) in [6, 6.07) is 12.1. The van der Waals surface area contributed by atoms with Gasteiger partial charge in [-0.15, -0.1) is 0 Å². The summed E-state index contributed by atoms with van der Waals surface area (Å²) in [6.45, 7) is -0.411. The minimum Gasteiger partial charge on any atom is -0.322 e. The number of benzene rings is 2. The number of fused-ring (bicyclic) bond motifs is 1. The molecule has 1 amide bonds. The van der Waals surface area contributed by atoms with E-state index in [2.05, 4.69) is 15.5 Å². The predicted octanol–water partition coefficient (Wildman–Crippen LogP) is 3.38. The first kappa shape index (κ1) is 19.1. The molecule has 5 rings (SSSR count). The molecule has 0 aliphatic heterocycles. The number of hydrogen-bond acceptors (Lipinski definition) is 4. The molecule has 156 valence electrons. The summed E-state index contributed by atoms with van der Waals surface area (Å²) in [6.07, 6.45) is 3.52. The molecule has 4 aromatic rings. The summed E-state index contributed by atoms with van der Waals surface area (Å²) in [7, 11) is 0. The third-order valence-corrected chi connectivity index (χ3v) is 5.17. The van der Waals surface area contributed by atoms with E-state index >= 15 is 0 Å². The summed E-state index contributed by atoms with van der Waals surface area (Å²) < 4.78 is 29.6. The van der Waals surface area contributed by atoms with Crippen LogP contribution >= 0.6 is 0 Å². The number of aromatic nitrogens is 4. The molecule has 0 spiro atoms. The summed E-state index contributed by atoms with van der Waals surface area (Å²) in [4.78, 5) is 25.7. The Labute approximate surface area is 174 Å². The number of carbonyl (C=O) groups is 1. The molecule has 0 saturated heterocycles. The highest BCUT2D eigenvalue weighted by molar-refractivity contribution is 5.91. The lowest BCUT2D eigenvalue weighted by Gasteiger charge is -2.11. The van der Waals surface area contributed by atoms with Gasteiger partial charge in [0.2, 0.25) is 5.91 Å². The largest absolute Gasteiger partial charge is 0.322 e. The maximum absolute atomic E-state index is 13.9. The molecule has 0 radical (unpaired) electrons. The second-order valence-electron chi connectivity index (χ2n) is 7.45. The Kier molecular flexibility index (Phi) is 4.58. The molecule has 0 unspecified atom stereocenters.